The molecule has 0 spiro atoms. The maximum Gasteiger partial charge on any atom is 0.416 e. The molecule has 5 nitrogen and oxygen atoms in total. The Morgan fingerprint density at radius 1 is 0.789 bits per heavy atom. The van der Waals surface area contributed by atoms with Crippen molar-refractivity contribution in [3.8, 4) is 11.5 Å². The molecule has 3 rings (SSSR count). The predicted molar refractivity (Wildman–Crippen MR) is 123 cm³/mol. The molecule has 0 fully saturated rings. The minimum absolute atomic E-state index is 0.0253. The highest BCUT2D eigenvalue weighted by atomic mass is 32.1. The average molecular weight is 588 g/mol. The van der Waals surface area contributed by atoms with Crippen molar-refractivity contribution in [2.45, 2.75) is 18.5 Å². The number of hydrogen-bond acceptors (Lipinski definition) is 5. The molecule has 204 valence electrons. The standard InChI is InChI=1S/C22H13F9N2O3S2/c1-35-18(34)17-16(4-5-38-17)36-15-3-2-10(20(23,24)25)9-14(15)33-19(37)32-13-7-11(21(26,27)28)6-12(8-13)22(29,30)31/h2-9H,1H3,(H2,32,33,37). The summed E-state index contributed by atoms with van der Waals surface area (Å²) >= 11 is 5.84. The van der Waals surface area contributed by atoms with Crippen molar-refractivity contribution < 1.29 is 53.8 Å². The summed E-state index contributed by atoms with van der Waals surface area (Å²) < 4.78 is 129. The van der Waals surface area contributed by atoms with Crippen LogP contribution in [0, 0.1) is 0 Å². The lowest BCUT2D eigenvalue weighted by Gasteiger charge is -2.18. The van der Waals surface area contributed by atoms with E-state index in [-0.39, 0.29) is 22.4 Å². The number of thiocarbonyl (C=S) groups is 1. The van der Waals surface area contributed by atoms with Gasteiger partial charge in [-0.15, -0.1) is 11.3 Å². The fraction of sp³-hybridized carbons (Fsp3) is 0.182. The SMILES string of the molecule is COC(=O)c1sccc1Oc1ccc(C(F)(F)F)cc1NC(=S)Nc1cc(C(F)(F)F)cc(C(F)(F)F)c1. The van der Waals surface area contributed by atoms with Crippen molar-refractivity contribution in [1.82, 2.24) is 0 Å². The quantitative estimate of drug-likeness (QED) is 0.178. The fourth-order valence-corrected chi connectivity index (χ4v) is 3.90. The van der Waals surface area contributed by atoms with Gasteiger partial charge in [-0.25, -0.2) is 4.79 Å². The molecule has 0 unspecified atom stereocenters. The normalized spacial score (nSPS) is 12.2. The Morgan fingerprint density at radius 3 is 1.89 bits per heavy atom. The van der Waals surface area contributed by atoms with Crippen LogP contribution < -0.4 is 15.4 Å². The predicted octanol–water partition coefficient (Wildman–Crippen LogP) is 8.19. The van der Waals surface area contributed by atoms with Crippen molar-refractivity contribution in [1.29, 1.82) is 0 Å². The molecule has 0 amide bonds. The Labute approximate surface area is 217 Å². The smallest absolute Gasteiger partial charge is 0.416 e. The molecule has 0 saturated carbocycles. The first-order valence-electron chi connectivity index (χ1n) is 9.91. The number of nitrogens with one attached hydrogen (secondary N) is 2. The first-order valence-corrected chi connectivity index (χ1v) is 11.2. The van der Waals surface area contributed by atoms with E-state index in [1.165, 1.54) is 11.4 Å². The number of halogens is 9. The summed E-state index contributed by atoms with van der Waals surface area (Å²) in [6, 6.07) is 4.03. The maximum atomic E-state index is 13.3. The van der Waals surface area contributed by atoms with E-state index in [9.17, 15) is 44.3 Å². The maximum absolute atomic E-state index is 13.3. The van der Waals surface area contributed by atoms with Gasteiger partial charge in [0, 0.05) is 5.69 Å². The number of benzene rings is 2. The molecule has 1 heterocycles. The van der Waals surface area contributed by atoms with E-state index in [0.717, 1.165) is 24.5 Å². The third-order valence-corrected chi connectivity index (χ3v) is 5.70. The molecular weight excluding hydrogens is 575 g/mol. The van der Waals surface area contributed by atoms with Gasteiger partial charge in [-0.3, -0.25) is 0 Å². The van der Waals surface area contributed by atoms with E-state index in [1.54, 1.807) is 0 Å². The zero-order valence-electron chi connectivity index (χ0n) is 18.6. The van der Waals surface area contributed by atoms with Gasteiger partial charge < -0.3 is 20.1 Å². The second-order valence-electron chi connectivity index (χ2n) is 7.29. The van der Waals surface area contributed by atoms with Crippen molar-refractivity contribution in [3.63, 3.8) is 0 Å². The zero-order chi connectivity index (χ0) is 28.5. The molecule has 1 aromatic heterocycles. The molecule has 38 heavy (non-hydrogen) atoms. The summed E-state index contributed by atoms with van der Waals surface area (Å²) in [5.41, 5.74) is -5.62. The molecule has 0 aliphatic heterocycles. The van der Waals surface area contributed by atoms with Crippen LogP contribution in [-0.2, 0) is 23.3 Å². The Kier molecular flexibility index (Phi) is 8.16. The van der Waals surface area contributed by atoms with Crippen LogP contribution in [-0.4, -0.2) is 18.2 Å². The van der Waals surface area contributed by atoms with E-state index in [4.69, 9.17) is 17.0 Å². The number of rotatable bonds is 5. The lowest BCUT2D eigenvalue weighted by atomic mass is 10.1. The summed E-state index contributed by atoms with van der Waals surface area (Å²) in [6.45, 7) is 0. The van der Waals surface area contributed by atoms with E-state index in [1.807, 2.05) is 0 Å². The molecule has 0 aliphatic carbocycles. The third-order valence-electron chi connectivity index (χ3n) is 4.62. The van der Waals surface area contributed by atoms with Gasteiger partial charge in [-0.05, 0) is 60.1 Å². The average Bonchev–Trinajstić information content (AvgIpc) is 3.25. The number of hydrogen-bond donors (Lipinski definition) is 2. The summed E-state index contributed by atoms with van der Waals surface area (Å²) in [4.78, 5) is 11.9. The van der Waals surface area contributed by atoms with Crippen molar-refractivity contribution >= 4 is 46.0 Å². The van der Waals surface area contributed by atoms with Gasteiger partial charge >= 0.3 is 24.5 Å². The molecule has 0 atom stereocenters. The number of carbonyl (C=O) groups is 1. The van der Waals surface area contributed by atoms with Crippen LogP contribution in [0.2, 0.25) is 0 Å². The van der Waals surface area contributed by atoms with Crippen LogP contribution in [0.25, 0.3) is 0 Å². The largest absolute Gasteiger partial charge is 0.465 e. The highest BCUT2D eigenvalue weighted by Crippen LogP contribution is 2.40. The highest BCUT2D eigenvalue weighted by Gasteiger charge is 2.37. The molecule has 0 aliphatic rings. The molecule has 3 aromatic rings. The summed E-state index contributed by atoms with van der Waals surface area (Å²) in [5.74, 6) is -1.18. The Morgan fingerprint density at radius 2 is 1.37 bits per heavy atom. The Balaban J connectivity index is 1.96. The number of thiophene rings is 1. The molecule has 0 radical (unpaired) electrons. The van der Waals surface area contributed by atoms with Crippen LogP contribution >= 0.6 is 23.6 Å². The molecule has 16 heteroatoms. The minimum atomic E-state index is -5.13. The van der Waals surface area contributed by atoms with Crippen molar-refractivity contribution in [2.75, 3.05) is 17.7 Å². The molecule has 0 bridgehead atoms. The van der Waals surface area contributed by atoms with Crippen LogP contribution in [0.1, 0.15) is 26.4 Å². The minimum Gasteiger partial charge on any atom is -0.465 e. The number of ether oxygens (including phenoxy) is 2. The third kappa shape index (κ3) is 7.06. The van der Waals surface area contributed by atoms with Gasteiger partial charge in [0.25, 0.3) is 0 Å². The van der Waals surface area contributed by atoms with Gasteiger partial charge in [0.15, 0.2) is 21.5 Å². The van der Waals surface area contributed by atoms with Gasteiger partial charge in [0.05, 0.1) is 29.5 Å². The number of alkyl halides is 9. The van der Waals surface area contributed by atoms with E-state index < -0.39 is 57.7 Å². The van der Waals surface area contributed by atoms with Gasteiger partial charge in [0.1, 0.15) is 0 Å². The highest BCUT2D eigenvalue weighted by molar-refractivity contribution is 7.80. The van der Waals surface area contributed by atoms with Crippen LogP contribution in [0.3, 0.4) is 0 Å². The number of carbonyl (C=O) groups excluding carboxylic acids is 1. The zero-order valence-corrected chi connectivity index (χ0v) is 20.2. The van der Waals surface area contributed by atoms with E-state index >= 15 is 0 Å². The molecule has 0 saturated heterocycles. The monoisotopic (exact) mass is 588 g/mol. The van der Waals surface area contributed by atoms with Crippen LogP contribution in [0.15, 0.2) is 47.8 Å². The second-order valence-corrected chi connectivity index (χ2v) is 8.61. The van der Waals surface area contributed by atoms with Gasteiger partial charge in [0.2, 0.25) is 0 Å². The lowest BCUT2D eigenvalue weighted by molar-refractivity contribution is -0.143. The lowest BCUT2D eigenvalue weighted by Crippen LogP contribution is -2.21. The second kappa shape index (κ2) is 10.7. The fourth-order valence-electron chi connectivity index (χ4n) is 2.94. The number of esters is 1. The summed E-state index contributed by atoms with van der Waals surface area (Å²) in [6.07, 6.45) is -15.1. The van der Waals surface area contributed by atoms with Gasteiger partial charge in [-0.1, -0.05) is 0 Å². The van der Waals surface area contributed by atoms with Crippen LogP contribution in [0.4, 0.5) is 50.9 Å². The Bertz CT molecular complexity index is 1320. The summed E-state index contributed by atoms with van der Waals surface area (Å²) in [5, 5.41) is 5.18. The van der Waals surface area contributed by atoms with Crippen molar-refractivity contribution in [3.05, 3.63) is 69.4 Å². The molecule has 2 N–H and O–H groups in total. The summed E-state index contributed by atoms with van der Waals surface area (Å²) in [7, 11) is 1.10. The van der Waals surface area contributed by atoms with Crippen LogP contribution in [0.5, 0.6) is 11.5 Å². The van der Waals surface area contributed by atoms with E-state index in [2.05, 4.69) is 15.4 Å². The van der Waals surface area contributed by atoms with E-state index in [0.29, 0.717) is 24.3 Å². The van der Waals surface area contributed by atoms with Gasteiger partial charge in [-0.2, -0.15) is 39.5 Å². The first-order chi connectivity index (χ1) is 17.5. The molecule has 2 aromatic carbocycles. The number of methoxy groups -OCH3 is 1. The topological polar surface area (TPSA) is 59.6 Å². The number of anilines is 2. The van der Waals surface area contributed by atoms with Crippen molar-refractivity contribution in [2.24, 2.45) is 0 Å². The molecular formula is C22H13F9N2O3S2. The first kappa shape index (κ1) is 29.0. The Hall–Kier alpha value is -3.53.